The Kier molecular flexibility index (Phi) is 5.80. The number of ether oxygens (including phenoxy) is 3. The molecule has 0 aromatic rings. The van der Waals surface area contributed by atoms with E-state index in [0.29, 0.717) is 26.2 Å². The first kappa shape index (κ1) is 22.5. The molecule has 0 N–H and O–H groups in total. The van der Waals surface area contributed by atoms with E-state index >= 15 is 0 Å². The van der Waals surface area contributed by atoms with Crippen LogP contribution in [0.4, 0.5) is 8.78 Å². The summed E-state index contributed by atoms with van der Waals surface area (Å²) in [5.41, 5.74) is -1.20. The van der Waals surface area contributed by atoms with Crippen LogP contribution in [0.15, 0.2) is 0 Å². The molecule has 0 heterocycles. The molecule has 0 aromatic carbocycles. The van der Waals surface area contributed by atoms with Crippen molar-refractivity contribution >= 4 is 17.9 Å². The summed E-state index contributed by atoms with van der Waals surface area (Å²) in [4.78, 5) is 37.0. The normalized spacial score (nSPS) is 36.0. The minimum atomic E-state index is -3.53. The van der Waals surface area contributed by atoms with Gasteiger partial charge < -0.3 is 14.2 Å². The maximum atomic E-state index is 13.3. The standard InChI is InChI=1S/C23H32F2O6/c1-21(6-4-3-5-7-21)31-17(26)13-29-20(28)23-10-14-8-15(11-23)18(16(9-14)12-23)30-19(27)22(2,24)25/h14-16,18H,3-13H2,1-2H3. The molecule has 0 aliphatic heterocycles. The quantitative estimate of drug-likeness (QED) is 0.453. The second-order valence-corrected chi connectivity index (χ2v) is 10.6. The number of esters is 3. The number of halogens is 2. The van der Waals surface area contributed by atoms with Crippen LogP contribution in [0.2, 0.25) is 0 Å². The molecule has 5 fully saturated rings. The first-order valence-corrected chi connectivity index (χ1v) is 11.5. The van der Waals surface area contributed by atoms with Crippen LogP contribution in [-0.2, 0) is 28.6 Å². The van der Waals surface area contributed by atoms with Crippen molar-refractivity contribution in [1.29, 1.82) is 0 Å². The summed E-state index contributed by atoms with van der Waals surface area (Å²) < 4.78 is 42.8. The lowest BCUT2D eigenvalue weighted by Crippen LogP contribution is -2.58. The second kappa shape index (κ2) is 8.00. The van der Waals surface area contributed by atoms with Crippen molar-refractivity contribution in [1.82, 2.24) is 0 Å². The SMILES string of the molecule is CC1(OC(=O)COC(=O)C23CC4CC(C2)C(OC(=O)C(C)(F)F)C(C4)C3)CCCCC1. The van der Waals surface area contributed by atoms with Gasteiger partial charge in [0.25, 0.3) is 0 Å². The number of rotatable bonds is 6. The van der Waals surface area contributed by atoms with Crippen LogP contribution in [0.3, 0.4) is 0 Å². The second-order valence-electron chi connectivity index (χ2n) is 10.6. The largest absolute Gasteiger partial charge is 0.457 e. The molecule has 0 spiro atoms. The molecule has 0 aromatic heterocycles. The van der Waals surface area contributed by atoms with Gasteiger partial charge in [0.15, 0.2) is 6.61 Å². The van der Waals surface area contributed by atoms with E-state index in [-0.39, 0.29) is 17.8 Å². The Balaban J connectivity index is 1.34. The molecule has 0 radical (unpaired) electrons. The van der Waals surface area contributed by atoms with Gasteiger partial charge in [-0.05, 0) is 82.5 Å². The fourth-order valence-corrected chi connectivity index (χ4v) is 6.63. The molecule has 0 saturated heterocycles. The highest BCUT2D eigenvalue weighted by molar-refractivity contribution is 5.81. The van der Waals surface area contributed by atoms with E-state index in [9.17, 15) is 23.2 Å². The maximum Gasteiger partial charge on any atom is 0.376 e. The maximum absolute atomic E-state index is 13.3. The summed E-state index contributed by atoms with van der Waals surface area (Å²) in [5, 5.41) is 0. The molecule has 0 amide bonds. The van der Waals surface area contributed by atoms with E-state index < -0.39 is 47.6 Å². The molecule has 8 heteroatoms. The summed E-state index contributed by atoms with van der Waals surface area (Å²) in [5.74, 6) is -5.93. The molecule has 31 heavy (non-hydrogen) atoms. The van der Waals surface area contributed by atoms with Crippen molar-refractivity contribution in [2.75, 3.05) is 6.61 Å². The van der Waals surface area contributed by atoms with Crippen LogP contribution in [0.5, 0.6) is 0 Å². The van der Waals surface area contributed by atoms with Gasteiger partial charge in [0.2, 0.25) is 0 Å². The third kappa shape index (κ3) is 4.58. The van der Waals surface area contributed by atoms with Gasteiger partial charge in [0.1, 0.15) is 11.7 Å². The van der Waals surface area contributed by atoms with Gasteiger partial charge in [0.05, 0.1) is 5.41 Å². The Labute approximate surface area is 181 Å². The van der Waals surface area contributed by atoms with Crippen molar-refractivity contribution < 1.29 is 37.4 Å². The van der Waals surface area contributed by atoms with Crippen molar-refractivity contribution in [3.8, 4) is 0 Å². The monoisotopic (exact) mass is 442 g/mol. The van der Waals surface area contributed by atoms with E-state index in [1.165, 1.54) is 0 Å². The molecule has 5 saturated carbocycles. The van der Waals surface area contributed by atoms with Crippen molar-refractivity contribution in [3.05, 3.63) is 0 Å². The minimum Gasteiger partial charge on any atom is -0.457 e. The zero-order valence-corrected chi connectivity index (χ0v) is 18.3. The van der Waals surface area contributed by atoms with Crippen LogP contribution in [0, 0.1) is 23.2 Å². The van der Waals surface area contributed by atoms with Crippen LogP contribution < -0.4 is 0 Å². The number of alkyl halides is 2. The highest BCUT2D eigenvalue weighted by Crippen LogP contribution is 2.61. The molecule has 4 bridgehead atoms. The molecule has 2 atom stereocenters. The van der Waals surface area contributed by atoms with E-state index in [1.54, 1.807) is 0 Å². The van der Waals surface area contributed by atoms with Gasteiger partial charge in [-0.3, -0.25) is 4.79 Å². The number of hydrogen-bond donors (Lipinski definition) is 0. The van der Waals surface area contributed by atoms with E-state index in [4.69, 9.17) is 14.2 Å². The topological polar surface area (TPSA) is 78.9 Å². The Morgan fingerprint density at radius 2 is 1.61 bits per heavy atom. The molecule has 2 unspecified atom stereocenters. The molecule has 5 aliphatic carbocycles. The van der Waals surface area contributed by atoms with Gasteiger partial charge in [-0.25, -0.2) is 9.59 Å². The van der Waals surface area contributed by atoms with E-state index in [2.05, 4.69) is 0 Å². The fourth-order valence-electron chi connectivity index (χ4n) is 6.63. The Bertz CT molecular complexity index is 723. The van der Waals surface area contributed by atoms with Crippen molar-refractivity contribution in [3.63, 3.8) is 0 Å². The highest BCUT2D eigenvalue weighted by Gasteiger charge is 2.61. The first-order valence-electron chi connectivity index (χ1n) is 11.5. The lowest BCUT2D eigenvalue weighted by atomic mass is 9.48. The average Bonchev–Trinajstić information content (AvgIpc) is 2.67. The summed E-state index contributed by atoms with van der Waals surface area (Å²) in [6.45, 7) is 2.06. The van der Waals surface area contributed by atoms with Gasteiger partial charge >= 0.3 is 23.8 Å². The smallest absolute Gasteiger partial charge is 0.376 e. The number of carbonyl (C=O) groups excluding carboxylic acids is 3. The molecule has 174 valence electrons. The van der Waals surface area contributed by atoms with Crippen LogP contribution in [0.25, 0.3) is 0 Å². The van der Waals surface area contributed by atoms with E-state index in [0.717, 1.165) is 44.9 Å². The third-order valence-corrected chi connectivity index (χ3v) is 7.81. The van der Waals surface area contributed by atoms with Crippen molar-refractivity contribution in [2.24, 2.45) is 23.2 Å². The molecule has 5 aliphatic rings. The summed E-state index contributed by atoms with van der Waals surface area (Å²) >= 11 is 0. The Hall–Kier alpha value is -1.73. The first-order chi connectivity index (χ1) is 14.5. The molecule has 6 nitrogen and oxygen atoms in total. The van der Waals surface area contributed by atoms with Crippen LogP contribution >= 0.6 is 0 Å². The third-order valence-electron chi connectivity index (χ3n) is 7.81. The summed E-state index contributed by atoms with van der Waals surface area (Å²) in [7, 11) is 0. The van der Waals surface area contributed by atoms with Gasteiger partial charge in [-0.2, -0.15) is 8.78 Å². The van der Waals surface area contributed by atoms with Crippen molar-refractivity contribution in [2.45, 2.75) is 95.7 Å². The summed E-state index contributed by atoms with van der Waals surface area (Å²) in [6.07, 6.45) is 7.33. The molecular weight excluding hydrogens is 410 g/mol. The summed E-state index contributed by atoms with van der Waals surface area (Å²) in [6, 6.07) is 0. The predicted molar refractivity (Wildman–Crippen MR) is 105 cm³/mol. The zero-order valence-electron chi connectivity index (χ0n) is 18.3. The molecule has 5 rings (SSSR count). The van der Waals surface area contributed by atoms with Gasteiger partial charge in [0, 0.05) is 6.92 Å². The van der Waals surface area contributed by atoms with Crippen LogP contribution in [0.1, 0.15) is 78.1 Å². The lowest BCUT2D eigenvalue weighted by molar-refractivity contribution is -0.208. The minimum absolute atomic E-state index is 0.127. The Morgan fingerprint density at radius 1 is 1.00 bits per heavy atom. The molecular formula is C23H32F2O6. The zero-order chi connectivity index (χ0) is 22.4. The lowest BCUT2D eigenvalue weighted by Gasteiger charge is -2.57. The highest BCUT2D eigenvalue weighted by atomic mass is 19.3. The average molecular weight is 442 g/mol. The van der Waals surface area contributed by atoms with Crippen LogP contribution in [-0.4, -0.2) is 42.1 Å². The van der Waals surface area contributed by atoms with Gasteiger partial charge in [-0.1, -0.05) is 6.42 Å². The Morgan fingerprint density at radius 3 is 2.19 bits per heavy atom. The van der Waals surface area contributed by atoms with E-state index in [1.807, 2.05) is 6.92 Å². The fraction of sp³-hybridized carbons (Fsp3) is 0.870. The predicted octanol–water partition coefficient (Wildman–Crippen LogP) is 4.19. The number of hydrogen-bond acceptors (Lipinski definition) is 6. The number of carbonyl (C=O) groups is 3. The van der Waals surface area contributed by atoms with Gasteiger partial charge in [-0.15, -0.1) is 0 Å².